The minimum absolute atomic E-state index is 0.459. The molecule has 1 aliphatic heterocycles. The van der Waals surface area contributed by atoms with Crippen LogP contribution < -0.4 is 5.32 Å². The summed E-state index contributed by atoms with van der Waals surface area (Å²) in [6, 6.07) is 25.3. The highest BCUT2D eigenvalue weighted by molar-refractivity contribution is 5.95. The number of hydrogen-bond acceptors (Lipinski definition) is 3. The summed E-state index contributed by atoms with van der Waals surface area (Å²) in [6.45, 7) is 3.05. The fraction of sp³-hybridized carbons (Fsp3) is 0.194. The van der Waals surface area contributed by atoms with Crippen LogP contribution in [0.4, 0.5) is 10.5 Å². The Kier molecular flexibility index (Phi) is 6.92. The lowest BCUT2D eigenvalue weighted by Gasteiger charge is -2.29. The van der Waals surface area contributed by atoms with Gasteiger partial charge >= 0.3 is 6.09 Å². The second-order valence-electron chi connectivity index (χ2n) is 8.93. The van der Waals surface area contributed by atoms with E-state index in [1.165, 1.54) is 34.9 Å². The number of rotatable bonds is 4. The standard InChI is InChI=1S/C31H30N2O2/c1-35-31(34)32-27-16-12-23(13-17-27)7-6-20-33-21-18-26(19-22-33)30-28-10-4-2-8-24(28)14-15-25-9-3-5-11-29(25)30/h2-17H,18-22H2,1H3,(H,32,34)/b7-6+. The van der Waals surface area contributed by atoms with Crippen molar-refractivity contribution in [3.63, 3.8) is 0 Å². The van der Waals surface area contributed by atoms with Crippen LogP contribution in [0.3, 0.4) is 0 Å². The molecule has 35 heavy (non-hydrogen) atoms. The first-order valence-electron chi connectivity index (χ1n) is 12.1. The third kappa shape index (κ3) is 5.28. The number of benzene rings is 3. The van der Waals surface area contributed by atoms with Gasteiger partial charge in [-0.25, -0.2) is 4.79 Å². The number of likely N-dealkylation sites (tertiary alicyclic amines) is 1. The topological polar surface area (TPSA) is 41.6 Å². The third-order valence-electron chi connectivity index (χ3n) is 6.73. The summed E-state index contributed by atoms with van der Waals surface area (Å²) in [6.07, 6.45) is 10.6. The first-order chi connectivity index (χ1) is 17.2. The molecule has 0 unspecified atom stereocenters. The molecule has 176 valence electrons. The zero-order valence-electron chi connectivity index (χ0n) is 20.0. The number of hydrogen-bond donors (Lipinski definition) is 1. The monoisotopic (exact) mass is 462 g/mol. The summed E-state index contributed by atoms with van der Waals surface area (Å²) in [7, 11) is 1.36. The van der Waals surface area contributed by atoms with Crippen molar-refractivity contribution in [2.75, 3.05) is 32.1 Å². The van der Waals surface area contributed by atoms with E-state index >= 15 is 0 Å². The predicted molar refractivity (Wildman–Crippen MR) is 145 cm³/mol. The van der Waals surface area contributed by atoms with Crippen molar-refractivity contribution in [2.45, 2.75) is 12.8 Å². The molecule has 1 N–H and O–H groups in total. The highest BCUT2D eigenvalue weighted by Crippen LogP contribution is 2.38. The number of anilines is 1. The molecule has 1 aliphatic carbocycles. The Labute approximate surface area is 207 Å². The van der Waals surface area contributed by atoms with Crippen LogP contribution in [-0.2, 0) is 4.74 Å². The maximum atomic E-state index is 11.3. The fourth-order valence-electron chi connectivity index (χ4n) is 4.89. The highest BCUT2D eigenvalue weighted by atomic mass is 16.5. The van der Waals surface area contributed by atoms with Gasteiger partial charge in [0.1, 0.15) is 0 Å². The van der Waals surface area contributed by atoms with E-state index in [2.05, 4.69) is 87.8 Å². The molecule has 0 bridgehead atoms. The van der Waals surface area contributed by atoms with Gasteiger partial charge in [-0.1, -0.05) is 90.5 Å². The van der Waals surface area contributed by atoms with Gasteiger partial charge in [0.25, 0.3) is 0 Å². The molecule has 0 atom stereocenters. The van der Waals surface area contributed by atoms with Crippen LogP contribution in [0, 0.1) is 0 Å². The lowest BCUT2D eigenvalue weighted by atomic mass is 9.86. The molecule has 0 aromatic heterocycles. The number of amides is 1. The van der Waals surface area contributed by atoms with Crippen LogP contribution in [0.15, 0.2) is 84.4 Å². The smallest absolute Gasteiger partial charge is 0.411 e. The number of piperidine rings is 1. The molecular weight excluding hydrogens is 432 g/mol. The number of ether oxygens (including phenoxy) is 1. The normalized spacial score (nSPS) is 15.5. The molecule has 4 nitrogen and oxygen atoms in total. The van der Waals surface area contributed by atoms with E-state index in [1.54, 1.807) is 5.57 Å². The fourth-order valence-corrected chi connectivity index (χ4v) is 4.89. The Morgan fingerprint density at radius 3 is 2.09 bits per heavy atom. The van der Waals surface area contributed by atoms with E-state index in [0.717, 1.165) is 43.7 Å². The third-order valence-corrected chi connectivity index (χ3v) is 6.73. The Balaban J connectivity index is 1.26. The number of nitrogens with zero attached hydrogens (tertiary/aromatic N) is 1. The summed E-state index contributed by atoms with van der Waals surface area (Å²) in [4.78, 5) is 13.8. The maximum absolute atomic E-state index is 11.3. The van der Waals surface area contributed by atoms with E-state index in [0.29, 0.717) is 0 Å². The van der Waals surface area contributed by atoms with Gasteiger partial charge in [-0.15, -0.1) is 0 Å². The van der Waals surface area contributed by atoms with Crippen molar-refractivity contribution in [3.05, 3.63) is 112 Å². The number of carbonyl (C=O) groups is 1. The molecule has 0 spiro atoms. The minimum atomic E-state index is -0.459. The molecule has 3 aromatic rings. The molecule has 0 saturated carbocycles. The molecule has 0 radical (unpaired) electrons. The highest BCUT2D eigenvalue weighted by Gasteiger charge is 2.22. The van der Waals surface area contributed by atoms with Crippen LogP contribution >= 0.6 is 0 Å². The summed E-state index contributed by atoms with van der Waals surface area (Å²) in [5.74, 6) is 0. The summed E-state index contributed by atoms with van der Waals surface area (Å²) in [5, 5.41) is 2.67. The minimum Gasteiger partial charge on any atom is -0.453 e. The average molecular weight is 463 g/mol. The van der Waals surface area contributed by atoms with Crippen molar-refractivity contribution in [3.8, 4) is 0 Å². The lowest BCUT2D eigenvalue weighted by Crippen LogP contribution is -2.31. The van der Waals surface area contributed by atoms with E-state index < -0.39 is 6.09 Å². The second-order valence-corrected chi connectivity index (χ2v) is 8.93. The quantitative estimate of drug-likeness (QED) is 0.356. The maximum Gasteiger partial charge on any atom is 0.411 e. The largest absolute Gasteiger partial charge is 0.453 e. The number of fused-ring (bicyclic) bond motifs is 2. The number of methoxy groups -OCH3 is 1. The summed E-state index contributed by atoms with van der Waals surface area (Å²) >= 11 is 0. The SMILES string of the molecule is COC(=O)Nc1ccc(/C=C/CN2CCC(=C3c4ccccc4C=Cc4ccccc43)CC2)cc1. The van der Waals surface area contributed by atoms with Gasteiger partial charge < -0.3 is 4.74 Å². The molecule has 1 fully saturated rings. The van der Waals surface area contributed by atoms with Crippen LogP contribution in [0.2, 0.25) is 0 Å². The average Bonchev–Trinajstić information content (AvgIpc) is 3.07. The van der Waals surface area contributed by atoms with Crippen LogP contribution in [0.25, 0.3) is 23.8 Å². The van der Waals surface area contributed by atoms with Crippen molar-refractivity contribution in [2.24, 2.45) is 0 Å². The molecule has 4 heteroatoms. The summed E-state index contributed by atoms with van der Waals surface area (Å²) < 4.78 is 4.63. The zero-order valence-corrected chi connectivity index (χ0v) is 20.0. The molecular formula is C31H30N2O2. The first kappa shape index (κ1) is 22.9. The van der Waals surface area contributed by atoms with Gasteiger partial charge in [-0.05, 0) is 58.4 Å². The van der Waals surface area contributed by atoms with E-state index in [4.69, 9.17) is 0 Å². The number of nitrogens with one attached hydrogen (secondary N) is 1. The van der Waals surface area contributed by atoms with Crippen molar-refractivity contribution in [1.29, 1.82) is 0 Å². The molecule has 5 rings (SSSR count). The number of carbonyl (C=O) groups excluding carboxylic acids is 1. The Morgan fingerprint density at radius 1 is 0.886 bits per heavy atom. The van der Waals surface area contributed by atoms with Gasteiger partial charge in [0.2, 0.25) is 0 Å². The molecule has 1 amide bonds. The van der Waals surface area contributed by atoms with Crippen LogP contribution in [0.5, 0.6) is 0 Å². The lowest BCUT2D eigenvalue weighted by molar-refractivity contribution is 0.187. The molecule has 1 saturated heterocycles. The Hall–Kier alpha value is -3.89. The van der Waals surface area contributed by atoms with E-state index in [-0.39, 0.29) is 0 Å². The Morgan fingerprint density at radius 2 is 1.49 bits per heavy atom. The zero-order chi connectivity index (χ0) is 24.0. The van der Waals surface area contributed by atoms with Crippen LogP contribution in [0.1, 0.15) is 40.7 Å². The van der Waals surface area contributed by atoms with Gasteiger partial charge in [-0.2, -0.15) is 0 Å². The van der Waals surface area contributed by atoms with Gasteiger partial charge in [0.15, 0.2) is 0 Å². The predicted octanol–water partition coefficient (Wildman–Crippen LogP) is 6.96. The van der Waals surface area contributed by atoms with Gasteiger partial charge in [0.05, 0.1) is 7.11 Å². The molecule has 3 aromatic carbocycles. The molecule has 1 heterocycles. The van der Waals surface area contributed by atoms with Crippen LogP contribution in [-0.4, -0.2) is 37.7 Å². The van der Waals surface area contributed by atoms with Crippen molar-refractivity contribution < 1.29 is 9.53 Å². The summed E-state index contributed by atoms with van der Waals surface area (Å²) in [5.41, 5.74) is 10.1. The van der Waals surface area contributed by atoms with E-state index in [1.807, 2.05) is 24.3 Å². The van der Waals surface area contributed by atoms with Crippen molar-refractivity contribution >= 4 is 35.6 Å². The molecule has 2 aliphatic rings. The van der Waals surface area contributed by atoms with Gasteiger partial charge in [0, 0.05) is 25.3 Å². The van der Waals surface area contributed by atoms with E-state index in [9.17, 15) is 4.79 Å². The second kappa shape index (κ2) is 10.6. The Bertz CT molecular complexity index is 1240. The van der Waals surface area contributed by atoms with Gasteiger partial charge in [-0.3, -0.25) is 10.2 Å². The van der Waals surface area contributed by atoms with Crippen molar-refractivity contribution in [1.82, 2.24) is 4.90 Å². The first-order valence-corrected chi connectivity index (χ1v) is 12.1.